The van der Waals surface area contributed by atoms with E-state index in [0.717, 1.165) is 17.5 Å². The molecule has 0 amide bonds. The normalized spacial score (nSPS) is 23.6. The molecule has 17 heavy (non-hydrogen) atoms. The highest BCUT2D eigenvalue weighted by molar-refractivity contribution is 8.14. The van der Waals surface area contributed by atoms with Gasteiger partial charge in [0.2, 0.25) is 0 Å². The number of amidine groups is 1. The second kappa shape index (κ2) is 6.36. The minimum absolute atomic E-state index is 0.421. The van der Waals surface area contributed by atoms with E-state index >= 15 is 0 Å². The molecule has 1 aliphatic heterocycles. The fraction of sp³-hybridized carbons (Fsp3) is 0.462. The molecule has 0 aromatic heterocycles. The van der Waals surface area contributed by atoms with Gasteiger partial charge in [-0.2, -0.15) is 11.8 Å². The van der Waals surface area contributed by atoms with Crippen LogP contribution in [0.15, 0.2) is 35.3 Å². The number of aliphatic imine (C=N–C) groups is 1. The Bertz CT molecular complexity index is 378. The summed E-state index contributed by atoms with van der Waals surface area (Å²) in [7, 11) is 0. The predicted molar refractivity (Wildman–Crippen MR) is 80.1 cm³/mol. The van der Waals surface area contributed by atoms with Gasteiger partial charge in [0.15, 0.2) is 5.17 Å². The summed E-state index contributed by atoms with van der Waals surface area (Å²) in [6.45, 7) is 3.11. The van der Waals surface area contributed by atoms with Crippen LogP contribution in [0, 0.1) is 0 Å². The first kappa shape index (κ1) is 12.8. The van der Waals surface area contributed by atoms with Crippen molar-refractivity contribution in [1.29, 1.82) is 0 Å². The van der Waals surface area contributed by atoms with E-state index in [4.69, 9.17) is 0 Å². The molecule has 2 rings (SSSR count). The van der Waals surface area contributed by atoms with Crippen molar-refractivity contribution in [1.82, 2.24) is 5.32 Å². The van der Waals surface area contributed by atoms with E-state index in [1.165, 1.54) is 5.56 Å². The molecule has 2 nitrogen and oxygen atoms in total. The molecule has 1 fully saturated rings. The lowest BCUT2D eigenvalue weighted by molar-refractivity contribution is 0.748. The highest BCUT2D eigenvalue weighted by atomic mass is 32.2. The number of nitrogens with zero attached hydrogens (tertiary/aromatic N) is 1. The van der Waals surface area contributed by atoms with E-state index in [1.54, 1.807) is 0 Å². The molecule has 1 saturated heterocycles. The molecule has 4 heteroatoms. The van der Waals surface area contributed by atoms with Gasteiger partial charge >= 0.3 is 0 Å². The zero-order valence-electron chi connectivity index (χ0n) is 10.2. The summed E-state index contributed by atoms with van der Waals surface area (Å²) in [5.41, 5.74) is 1.35. The van der Waals surface area contributed by atoms with Crippen molar-refractivity contribution >= 4 is 28.7 Å². The van der Waals surface area contributed by atoms with Crippen LogP contribution in [0.25, 0.3) is 0 Å². The molecule has 0 radical (unpaired) electrons. The minimum Gasteiger partial charge on any atom is -0.357 e. The van der Waals surface area contributed by atoms with Gasteiger partial charge in [-0.05, 0) is 11.8 Å². The van der Waals surface area contributed by atoms with E-state index < -0.39 is 0 Å². The van der Waals surface area contributed by atoms with Crippen LogP contribution >= 0.6 is 23.5 Å². The minimum atomic E-state index is 0.421. The van der Waals surface area contributed by atoms with Crippen molar-refractivity contribution in [3.8, 4) is 0 Å². The molecule has 92 valence electrons. The van der Waals surface area contributed by atoms with Gasteiger partial charge in [0.1, 0.15) is 0 Å². The number of benzene rings is 1. The van der Waals surface area contributed by atoms with Crippen molar-refractivity contribution in [3.05, 3.63) is 35.9 Å². The lowest BCUT2D eigenvalue weighted by atomic mass is 10.1. The Kier molecular flexibility index (Phi) is 4.80. The van der Waals surface area contributed by atoms with Gasteiger partial charge in [-0.25, -0.2) is 0 Å². The van der Waals surface area contributed by atoms with Crippen molar-refractivity contribution < 1.29 is 0 Å². The average molecular weight is 266 g/mol. The zero-order chi connectivity index (χ0) is 12.1. The number of hydrogen-bond acceptors (Lipinski definition) is 3. The summed E-state index contributed by atoms with van der Waals surface area (Å²) < 4.78 is 0. The van der Waals surface area contributed by atoms with E-state index in [9.17, 15) is 0 Å². The van der Waals surface area contributed by atoms with Crippen LogP contribution in [0.3, 0.4) is 0 Å². The molecular weight excluding hydrogens is 248 g/mol. The van der Waals surface area contributed by atoms with E-state index in [2.05, 4.69) is 53.8 Å². The molecule has 0 aliphatic carbocycles. The van der Waals surface area contributed by atoms with Crippen molar-refractivity contribution in [2.45, 2.75) is 18.2 Å². The summed E-state index contributed by atoms with van der Waals surface area (Å²) in [6, 6.07) is 11.0. The molecule has 1 N–H and O–H groups in total. The second-order valence-corrected chi connectivity index (χ2v) is 6.40. The van der Waals surface area contributed by atoms with E-state index in [-0.39, 0.29) is 0 Å². The summed E-state index contributed by atoms with van der Waals surface area (Å²) in [5, 5.41) is 5.19. The monoisotopic (exact) mass is 266 g/mol. The number of nitrogens with one attached hydrogen (secondary N) is 1. The molecular formula is C13H18N2S2. The number of hydrogen-bond donors (Lipinski definition) is 1. The van der Waals surface area contributed by atoms with Gasteiger partial charge in [-0.15, -0.1) is 0 Å². The summed E-state index contributed by atoms with van der Waals surface area (Å²) >= 11 is 3.69. The van der Waals surface area contributed by atoms with E-state index in [0.29, 0.717) is 11.3 Å². The molecule has 1 aromatic rings. The lowest BCUT2D eigenvalue weighted by Gasteiger charge is -2.10. The Morgan fingerprint density at radius 3 is 2.94 bits per heavy atom. The highest BCUT2D eigenvalue weighted by Crippen LogP contribution is 2.25. The van der Waals surface area contributed by atoms with Crippen LogP contribution in [0.1, 0.15) is 18.5 Å². The first-order valence-corrected chi connectivity index (χ1v) is 8.08. The third kappa shape index (κ3) is 3.68. The third-order valence-electron chi connectivity index (χ3n) is 2.78. The average Bonchev–Trinajstić information content (AvgIpc) is 2.86. The number of rotatable bonds is 4. The molecule has 1 heterocycles. The predicted octanol–water partition coefficient (Wildman–Crippen LogP) is 3.17. The Labute approximate surface area is 112 Å². The van der Waals surface area contributed by atoms with Crippen molar-refractivity contribution in [3.63, 3.8) is 0 Å². The van der Waals surface area contributed by atoms with Crippen LogP contribution in [0.5, 0.6) is 0 Å². The quantitative estimate of drug-likeness (QED) is 0.906. The zero-order valence-corrected chi connectivity index (χ0v) is 11.9. The smallest absolute Gasteiger partial charge is 0.157 e. The van der Waals surface area contributed by atoms with E-state index in [1.807, 2.05) is 23.5 Å². The molecule has 0 spiro atoms. The van der Waals surface area contributed by atoms with Gasteiger partial charge in [-0.1, -0.05) is 49.0 Å². The standard InChI is InChI=1S/C13H18N2S2/c1-10(16-2)8-14-13-15-12(9-17-13)11-6-4-3-5-7-11/h3-7,10,12H,8-9H2,1-2H3,(H,14,15). The molecule has 0 bridgehead atoms. The molecule has 0 saturated carbocycles. The van der Waals surface area contributed by atoms with Crippen LogP contribution in [-0.2, 0) is 0 Å². The summed E-state index contributed by atoms with van der Waals surface area (Å²) in [4.78, 5) is 4.62. The maximum Gasteiger partial charge on any atom is 0.157 e. The fourth-order valence-electron chi connectivity index (χ4n) is 1.64. The molecule has 2 unspecified atom stereocenters. The van der Waals surface area contributed by atoms with Crippen molar-refractivity contribution in [2.24, 2.45) is 4.99 Å². The largest absolute Gasteiger partial charge is 0.357 e. The maximum absolute atomic E-state index is 4.62. The maximum atomic E-state index is 4.62. The third-order valence-corrected chi connectivity index (χ3v) is 4.75. The molecule has 1 aromatic carbocycles. The highest BCUT2D eigenvalue weighted by Gasteiger charge is 2.21. The van der Waals surface area contributed by atoms with Crippen LogP contribution in [0.2, 0.25) is 0 Å². The SMILES string of the molecule is CSC(C)CN=C1NC(c2ccccc2)CS1. The fourth-order valence-corrected chi connectivity index (χ4v) is 2.85. The second-order valence-electron chi connectivity index (χ2n) is 4.11. The topological polar surface area (TPSA) is 24.4 Å². The molecule has 2 atom stereocenters. The first-order chi connectivity index (χ1) is 8.29. The lowest BCUT2D eigenvalue weighted by Crippen LogP contribution is -2.20. The van der Waals surface area contributed by atoms with Gasteiger partial charge < -0.3 is 5.32 Å². The Hall–Kier alpha value is -0.610. The van der Waals surface area contributed by atoms with Crippen LogP contribution < -0.4 is 5.32 Å². The Morgan fingerprint density at radius 1 is 1.47 bits per heavy atom. The summed E-state index contributed by atoms with van der Waals surface area (Å²) in [5.74, 6) is 1.08. The summed E-state index contributed by atoms with van der Waals surface area (Å²) in [6.07, 6.45) is 2.13. The van der Waals surface area contributed by atoms with Crippen LogP contribution in [-0.4, -0.2) is 29.0 Å². The molecule has 1 aliphatic rings. The Balaban J connectivity index is 1.92. The van der Waals surface area contributed by atoms with Gasteiger partial charge in [-0.3, -0.25) is 4.99 Å². The number of thioether (sulfide) groups is 2. The first-order valence-electron chi connectivity index (χ1n) is 5.81. The Morgan fingerprint density at radius 2 is 2.24 bits per heavy atom. The van der Waals surface area contributed by atoms with Gasteiger partial charge in [0.25, 0.3) is 0 Å². The van der Waals surface area contributed by atoms with Gasteiger partial charge in [0.05, 0.1) is 12.6 Å². The van der Waals surface area contributed by atoms with Gasteiger partial charge in [0, 0.05) is 11.0 Å². The van der Waals surface area contributed by atoms with Crippen molar-refractivity contribution in [2.75, 3.05) is 18.6 Å². The van der Waals surface area contributed by atoms with Crippen LogP contribution in [0.4, 0.5) is 0 Å².